The number of hydrogen-bond acceptors (Lipinski definition) is 6. The van der Waals surface area contributed by atoms with Crippen LogP contribution in [0, 0.1) is 0 Å². The van der Waals surface area contributed by atoms with Gasteiger partial charge in [-0.25, -0.2) is 0 Å². The molecule has 0 bridgehead atoms. The van der Waals surface area contributed by atoms with Crippen molar-refractivity contribution in [2.24, 2.45) is 0 Å². The summed E-state index contributed by atoms with van der Waals surface area (Å²) in [5.74, 6) is 0. The van der Waals surface area contributed by atoms with E-state index in [2.05, 4.69) is 4.18 Å². The fourth-order valence-electron chi connectivity index (χ4n) is 1.20. The van der Waals surface area contributed by atoms with Crippen LogP contribution in [-0.4, -0.2) is 42.1 Å². The van der Waals surface area contributed by atoms with Crippen molar-refractivity contribution >= 4 is 20.2 Å². The van der Waals surface area contributed by atoms with Crippen LogP contribution in [0.25, 0.3) is 0 Å². The molecule has 0 aliphatic heterocycles. The molecule has 0 aromatic carbocycles. The molecule has 0 saturated carbocycles. The van der Waals surface area contributed by atoms with Gasteiger partial charge >= 0.3 is 0 Å². The SMILES string of the molecule is CCC=CCC(CCOS(C)(=O)=O)OS(C)(=O)=O. The van der Waals surface area contributed by atoms with Crippen LogP contribution in [0.1, 0.15) is 26.2 Å². The second-order valence-electron chi connectivity index (χ2n) is 3.85. The third-order valence-corrected chi connectivity index (χ3v) is 3.07. The Labute approximate surface area is 109 Å². The maximum Gasteiger partial charge on any atom is 0.264 e. The molecule has 0 amide bonds. The highest BCUT2D eigenvalue weighted by Gasteiger charge is 2.15. The summed E-state index contributed by atoms with van der Waals surface area (Å²) in [6.45, 7) is 1.86. The van der Waals surface area contributed by atoms with E-state index in [9.17, 15) is 16.8 Å². The van der Waals surface area contributed by atoms with E-state index in [0.29, 0.717) is 6.42 Å². The summed E-state index contributed by atoms with van der Waals surface area (Å²) >= 11 is 0. The minimum absolute atomic E-state index is 0.0982. The Kier molecular flexibility index (Phi) is 7.69. The Bertz CT molecular complexity index is 449. The van der Waals surface area contributed by atoms with Crippen LogP contribution >= 0.6 is 0 Å². The normalized spacial score (nSPS) is 15.1. The molecule has 0 spiro atoms. The molecular formula is C10H20O6S2. The molecule has 0 aromatic heterocycles. The van der Waals surface area contributed by atoms with Gasteiger partial charge in [-0.2, -0.15) is 16.8 Å². The fraction of sp³-hybridized carbons (Fsp3) is 0.800. The lowest BCUT2D eigenvalue weighted by molar-refractivity contribution is 0.174. The van der Waals surface area contributed by atoms with Crippen LogP contribution in [0.5, 0.6) is 0 Å². The molecule has 6 nitrogen and oxygen atoms in total. The van der Waals surface area contributed by atoms with Crippen molar-refractivity contribution in [2.45, 2.75) is 32.3 Å². The average Bonchev–Trinajstić information content (AvgIpc) is 2.13. The summed E-state index contributed by atoms with van der Waals surface area (Å²) in [4.78, 5) is 0. The molecule has 0 fully saturated rings. The zero-order chi connectivity index (χ0) is 14.2. The molecule has 0 aliphatic carbocycles. The summed E-state index contributed by atoms with van der Waals surface area (Å²) in [5, 5.41) is 0. The third kappa shape index (κ3) is 12.0. The van der Waals surface area contributed by atoms with Crippen LogP contribution in [0.15, 0.2) is 12.2 Å². The van der Waals surface area contributed by atoms with E-state index in [1.54, 1.807) is 6.08 Å². The van der Waals surface area contributed by atoms with Gasteiger partial charge in [-0.1, -0.05) is 19.1 Å². The Morgan fingerprint density at radius 1 is 1.06 bits per heavy atom. The summed E-state index contributed by atoms with van der Waals surface area (Å²) < 4.78 is 53.0. The first kappa shape index (κ1) is 17.6. The molecular weight excluding hydrogens is 280 g/mol. The first-order chi connectivity index (χ1) is 8.14. The Balaban J connectivity index is 4.34. The van der Waals surface area contributed by atoms with Gasteiger partial charge in [0, 0.05) is 6.42 Å². The lowest BCUT2D eigenvalue weighted by Crippen LogP contribution is -2.20. The summed E-state index contributed by atoms with van der Waals surface area (Å²) in [7, 11) is -7.08. The second kappa shape index (κ2) is 7.88. The quantitative estimate of drug-likeness (QED) is 0.467. The molecule has 0 rings (SSSR count). The van der Waals surface area contributed by atoms with Gasteiger partial charge in [-0.3, -0.25) is 8.37 Å². The van der Waals surface area contributed by atoms with Gasteiger partial charge < -0.3 is 0 Å². The lowest BCUT2D eigenvalue weighted by atomic mass is 10.2. The van der Waals surface area contributed by atoms with E-state index >= 15 is 0 Å². The molecule has 0 N–H and O–H groups in total. The standard InChI is InChI=1S/C10H20O6S2/c1-4-5-6-7-10(16-18(3,13)14)8-9-15-17(2,11)12/h5-6,10H,4,7-9H2,1-3H3. The average molecular weight is 300 g/mol. The summed E-state index contributed by atoms with van der Waals surface area (Å²) in [6.07, 6.45) is 6.40. The van der Waals surface area contributed by atoms with Crippen molar-refractivity contribution in [2.75, 3.05) is 19.1 Å². The second-order valence-corrected chi connectivity index (χ2v) is 7.10. The maximum absolute atomic E-state index is 11.0. The third-order valence-electron chi connectivity index (χ3n) is 1.85. The Morgan fingerprint density at radius 3 is 2.11 bits per heavy atom. The van der Waals surface area contributed by atoms with Gasteiger partial charge in [-0.05, 0) is 12.8 Å². The van der Waals surface area contributed by atoms with E-state index < -0.39 is 26.3 Å². The maximum atomic E-state index is 11.0. The molecule has 1 atom stereocenters. The van der Waals surface area contributed by atoms with Gasteiger partial charge in [0.05, 0.1) is 25.2 Å². The van der Waals surface area contributed by atoms with Crippen molar-refractivity contribution in [3.8, 4) is 0 Å². The topological polar surface area (TPSA) is 86.7 Å². The predicted molar refractivity (Wildman–Crippen MR) is 69.2 cm³/mol. The van der Waals surface area contributed by atoms with Gasteiger partial charge in [0.2, 0.25) is 0 Å². The van der Waals surface area contributed by atoms with E-state index in [-0.39, 0.29) is 13.0 Å². The van der Waals surface area contributed by atoms with Crippen LogP contribution in [0.4, 0.5) is 0 Å². The van der Waals surface area contributed by atoms with Gasteiger partial charge in [0.15, 0.2) is 0 Å². The molecule has 0 radical (unpaired) electrons. The highest BCUT2D eigenvalue weighted by Crippen LogP contribution is 2.10. The summed E-state index contributed by atoms with van der Waals surface area (Å²) in [6, 6.07) is 0. The fourth-order valence-corrected chi connectivity index (χ4v) is 2.27. The van der Waals surface area contributed by atoms with Crippen LogP contribution in [0.3, 0.4) is 0 Å². The highest BCUT2D eigenvalue weighted by molar-refractivity contribution is 7.86. The smallest absolute Gasteiger partial charge is 0.264 e. The number of hydrogen-bond donors (Lipinski definition) is 0. The van der Waals surface area contributed by atoms with Crippen LogP contribution in [-0.2, 0) is 28.6 Å². The highest BCUT2D eigenvalue weighted by atomic mass is 32.2. The Morgan fingerprint density at radius 2 is 1.67 bits per heavy atom. The molecule has 0 aromatic rings. The van der Waals surface area contributed by atoms with E-state index in [1.165, 1.54) is 0 Å². The number of allylic oxidation sites excluding steroid dienone is 1. The van der Waals surface area contributed by atoms with Crippen LogP contribution in [0.2, 0.25) is 0 Å². The minimum Gasteiger partial charge on any atom is -0.270 e. The van der Waals surface area contributed by atoms with E-state index in [0.717, 1.165) is 18.9 Å². The van der Waals surface area contributed by atoms with Crippen molar-refractivity contribution in [1.82, 2.24) is 0 Å². The number of rotatable bonds is 9. The zero-order valence-corrected chi connectivity index (χ0v) is 12.5. The first-order valence-corrected chi connectivity index (χ1v) is 9.15. The molecule has 108 valence electrons. The van der Waals surface area contributed by atoms with Crippen molar-refractivity contribution in [1.29, 1.82) is 0 Å². The molecule has 8 heteroatoms. The first-order valence-electron chi connectivity index (χ1n) is 5.51. The monoisotopic (exact) mass is 300 g/mol. The zero-order valence-electron chi connectivity index (χ0n) is 10.8. The van der Waals surface area contributed by atoms with E-state index in [1.807, 2.05) is 13.0 Å². The molecule has 0 saturated heterocycles. The molecule has 0 aliphatic rings. The summed E-state index contributed by atoms with van der Waals surface area (Å²) in [5.41, 5.74) is 0. The Hall–Kier alpha value is -0.440. The molecule has 0 heterocycles. The largest absolute Gasteiger partial charge is 0.270 e. The van der Waals surface area contributed by atoms with Crippen LogP contribution < -0.4 is 0 Å². The van der Waals surface area contributed by atoms with E-state index in [4.69, 9.17) is 4.18 Å². The van der Waals surface area contributed by atoms with Crippen molar-refractivity contribution in [3.05, 3.63) is 12.2 Å². The van der Waals surface area contributed by atoms with Gasteiger partial charge in [0.25, 0.3) is 20.2 Å². The molecule has 18 heavy (non-hydrogen) atoms. The van der Waals surface area contributed by atoms with Gasteiger partial charge in [-0.15, -0.1) is 0 Å². The van der Waals surface area contributed by atoms with Crippen molar-refractivity contribution in [3.63, 3.8) is 0 Å². The predicted octanol–water partition coefficient (Wildman–Crippen LogP) is 1.05. The molecule has 1 unspecified atom stereocenters. The van der Waals surface area contributed by atoms with Crippen molar-refractivity contribution < 1.29 is 25.2 Å². The van der Waals surface area contributed by atoms with Gasteiger partial charge in [0.1, 0.15) is 0 Å². The lowest BCUT2D eigenvalue weighted by Gasteiger charge is -2.14. The minimum atomic E-state index is -3.57.